The Hall–Kier alpha value is -2.56. The third-order valence-electron chi connectivity index (χ3n) is 4.90. The Morgan fingerprint density at radius 3 is 2.74 bits per heavy atom. The van der Waals surface area contributed by atoms with Crippen LogP contribution < -0.4 is 15.0 Å². The van der Waals surface area contributed by atoms with E-state index in [4.69, 9.17) is 4.74 Å². The Morgan fingerprint density at radius 2 is 2.04 bits per heavy atom. The topological polar surface area (TPSA) is 54.5 Å². The first-order valence-electron chi connectivity index (χ1n) is 9.86. The first-order chi connectivity index (χ1) is 13.1. The molecule has 1 aromatic carbocycles. The lowest BCUT2D eigenvalue weighted by Crippen LogP contribution is -2.39. The normalized spacial score (nSPS) is 17.0. The molecule has 2 aromatic rings. The van der Waals surface area contributed by atoms with Crippen LogP contribution >= 0.6 is 0 Å². The number of amides is 1. The van der Waals surface area contributed by atoms with E-state index in [1.165, 1.54) is 19.3 Å². The molecule has 5 heteroatoms. The summed E-state index contributed by atoms with van der Waals surface area (Å²) in [6.07, 6.45) is 8.40. The number of piperidine rings is 1. The molecule has 27 heavy (non-hydrogen) atoms. The Kier molecular flexibility index (Phi) is 6.32. The number of rotatable bonds is 6. The van der Waals surface area contributed by atoms with Crippen LogP contribution in [0.25, 0.3) is 0 Å². The maximum Gasteiger partial charge on any atom is 0.257 e. The number of anilines is 2. The van der Waals surface area contributed by atoms with Crippen molar-refractivity contribution in [3.05, 3.63) is 48.3 Å². The van der Waals surface area contributed by atoms with Crippen LogP contribution in [0.3, 0.4) is 0 Å². The monoisotopic (exact) mass is 367 g/mol. The molecule has 0 radical (unpaired) electrons. The highest BCUT2D eigenvalue weighted by molar-refractivity contribution is 6.04. The Labute approximate surface area is 161 Å². The highest BCUT2D eigenvalue weighted by Gasteiger charge is 2.22. The number of carbonyl (C=O) groups excluding carboxylic acids is 1. The van der Waals surface area contributed by atoms with Crippen molar-refractivity contribution in [2.45, 2.75) is 58.6 Å². The zero-order valence-corrected chi connectivity index (χ0v) is 16.4. The largest absolute Gasteiger partial charge is 0.491 e. The van der Waals surface area contributed by atoms with Crippen LogP contribution in [-0.2, 0) is 0 Å². The van der Waals surface area contributed by atoms with E-state index in [2.05, 4.69) is 22.1 Å². The number of nitrogens with one attached hydrogen (secondary N) is 1. The van der Waals surface area contributed by atoms with E-state index in [1.807, 2.05) is 50.4 Å². The molecule has 0 aliphatic carbocycles. The summed E-state index contributed by atoms with van der Waals surface area (Å²) in [5.41, 5.74) is 2.36. The van der Waals surface area contributed by atoms with Gasteiger partial charge in [-0.25, -0.2) is 0 Å². The summed E-state index contributed by atoms with van der Waals surface area (Å²) in [5.74, 6) is 0.648. The maximum atomic E-state index is 12.7. The number of aromatic nitrogens is 1. The van der Waals surface area contributed by atoms with Gasteiger partial charge in [0.15, 0.2) is 0 Å². The smallest absolute Gasteiger partial charge is 0.257 e. The first kappa shape index (κ1) is 19.2. The number of hydrogen-bond donors (Lipinski definition) is 1. The number of nitrogens with zero attached hydrogens (tertiary/aromatic N) is 2. The van der Waals surface area contributed by atoms with Gasteiger partial charge in [-0.15, -0.1) is 0 Å². The molecule has 3 rings (SSSR count). The average Bonchev–Trinajstić information content (AvgIpc) is 2.69. The second kappa shape index (κ2) is 8.89. The highest BCUT2D eigenvalue weighted by Crippen LogP contribution is 2.27. The molecular weight excluding hydrogens is 338 g/mol. The fraction of sp³-hybridized carbons (Fsp3) is 0.455. The Morgan fingerprint density at radius 1 is 1.26 bits per heavy atom. The minimum absolute atomic E-state index is 0.126. The Balaban J connectivity index is 1.70. The lowest BCUT2D eigenvalue weighted by atomic mass is 9.99. The molecule has 1 aromatic heterocycles. The van der Waals surface area contributed by atoms with Gasteiger partial charge in [-0.3, -0.25) is 9.78 Å². The van der Waals surface area contributed by atoms with Crippen LogP contribution in [-0.4, -0.2) is 29.6 Å². The number of carbonyl (C=O) groups is 1. The molecule has 1 aliphatic rings. The average molecular weight is 367 g/mol. The molecule has 1 atom stereocenters. The molecule has 1 amide bonds. The number of hydrogen-bond acceptors (Lipinski definition) is 4. The molecule has 144 valence electrons. The number of ether oxygens (including phenoxy) is 1. The molecule has 1 N–H and O–H groups in total. The first-order valence-corrected chi connectivity index (χ1v) is 9.86. The van der Waals surface area contributed by atoms with Crippen molar-refractivity contribution in [1.82, 2.24) is 4.98 Å². The van der Waals surface area contributed by atoms with Crippen molar-refractivity contribution in [2.75, 3.05) is 16.8 Å². The molecule has 0 saturated carbocycles. The molecule has 0 spiro atoms. The third-order valence-corrected chi connectivity index (χ3v) is 4.90. The lowest BCUT2D eigenvalue weighted by molar-refractivity contribution is 0.102. The van der Waals surface area contributed by atoms with E-state index < -0.39 is 0 Å². The minimum atomic E-state index is -0.146. The van der Waals surface area contributed by atoms with Gasteiger partial charge < -0.3 is 15.0 Å². The van der Waals surface area contributed by atoms with Crippen molar-refractivity contribution < 1.29 is 9.53 Å². The third kappa shape index (κ3) is 5.00. The van der Waals surface area contributed by atoms with E-state index in [0.717, 1.165) is 30.1 Å². The molecule has 1 fully saturated rings. The Bertz CT molecular complexity index is 758. The second-order valence-corrected chi connectivity index (χ2v) is 7.33. The van der Waals surface area contributed by atoms with Crippen LogP contribution in [0.15, 0.2) is 42.7 Å². The van der Waals surface area contributed by atoms with E-state index in [1.54, 1.807) is 6.20 Å². The van der Waals surface area contributed by atoms with Crippen molar-refractivity contribution in [2.24, 2.45) is 0 Å². The molecular formula is C22H29N3O2. The van der Waals surface area contributed by atoms with Crippen molar-refractivity contribution in [3.8, 4) is 5.75 Å². The van der Waals surface area contributed by atoms with Gasteiger partial charge in [0.25, 0.3) is 5.91 Å². The summed E-state index contributed by atoms with van der Waals surface area (Å²) in [6.45, 7) is 7.23. The SMILES string of the molecule is CCC1CCCCN1c1cncc(C(=O)Nc2ccc(OC(C)C)cc2)c1. The minimum Gasteiger partial charge on any atom is -0.491 e. The van der Waals surface area contributed by atoms with Crippen LogP contribution in [0.5, 0.6) is 5.75 Å². The van der Waals surface area contributed by atoms with Crippen LogP contribution in [0.2, 0.25) is 0 Å². The van der Waals surface area contributed by atoms with E-state index >= 15 is 0 Å². The lowest BCUT2D eigenvalue weighted by Gasteiger charge is -2.37. The molecule has 0 bridgehead atoms. The van der Waals surface area contributed by atoms with E-state index in [-0.39, 0.29) is 12.0 Å². The van der Waals surface area contributed by atoms with E-state index in [9.17, 15) is 4.79 Å². The predicted octanol–water partition coefficient (Wildman–Crippen LogP) is 4.89. The maximum absolute atomic E-state index is 12.7. The van der Waals surface area contributed by atoms with Crippen molar-refractivity contribution >= 4 is 17.3 Å². The highest BCUT2D eigenvalue weighted by atomic mass is 16.5. The van der Waals surface area contributed by atoms with Crippen LogP contribution in [0.1, 0.15) is 56.8 Å². The van der Waals surface area contributed by atoms with Gasteiger partial charge >= 0.3 is 0 Å². The quantitative estimate of drug-likeness (QED) is 0.790. The van der Waals surface area contributed by atoms with Gasteiger partial charge in [0.05, 0.1) is 23.6 Å². The zero-order chi connectivity index (χ0) is 19.2. The standard InChI is InChI=1S/C22H29N3O2/c1-4-19-7-5-6-12-25(19)20-13-17(14-23-15-20)22(26)24-18-8-10-21(11-9-18)27-16(2)3/h8-11,13-16,19H,4-7,12H2,1-3H3,(H,24,26). The van der Waals surface area contributed by atoms with Gasteiger partial charge in [-0.1, -0.05) is 6.92 Å². The van der Waals surface area contributed by atoms with Crippen molar-refractivity contribution in [1.29, 1.82) is 0 Å². The van der Waals surface area contributed by atoms with Gasteiger partial charge in [-0.05, 0) is 69.9 Å². The summed E-state index contributed by atoms with van der Waals surface area (Å²) in [6, 6.07) is 9.92. The molecule has 1 unspecified atom stereocenters. The fourth-order valence-electron chi connectivity index (χ4n) is 3.57. The molecule has 1 aliphatic heterocycles. The summed E-state index contributed by atoms with van der Waals surface area (Å²) in [7, 11) is 0. The van der Waals surface area contributed by atoms with Gasteiger partial charge in [0, 0.05) is 24.5 Å². The molecule has 1 saturated heterocycles. The van der Waals surface area contributed by atoms with Gasteiger partial charge in [0.1, 0.15) is 5.75 Å². The second-order valence-electron chi connectivity index (χ2n) is 7.33. The van der Waals surface area contributed by atoms with Gasteiger partial charge in [0.2, 0.25) is 0 Å². The predicted molar refractivity (Wildman–Crippen MR) is 110 cm³/mol. The number of benzene rings is 1. The fourth-order valence-corrected chi connectivity index (χ4v) is 3.57. The van der Waals surface area contributed by atoms with Crippen LogP contribution in [0, 0.1) is 0 Å². The van der Waals surface area contributed by atoms with Gasteiger partial charge in [-0.2, -0.15) is 0 Å². The summed E-state index contributed by atoms with van der Waals surface area (Å²) in [5, 5.41) is 2.94. The molecule has 5 nitrogen and oxygen atoms in total. The molecule has 2 heterocycles. The van der Waals surface area contributed by atoms with Crippen LogP contribution in [0.4, 0.5) is 11.4 Å². The number of pyridine rings is 1. The van der Waals surface area contributed by atoms with Crippen molar-refractivity contribution in [3.63, 3.8) is 0 Å². The summed E-state index contributed by atoms with van der Waals surface area (Å²) < 4.78 is 5.63. The summed E-state index contributed by atoms with van der Waals surface area (Å²) >= 11 is 0. The summed E-state index contributed by atoms with van der Waals surface area (Å²) in [4.78, 5) is 19.4. The zero-order valence-electron chi connectivity index (χ0n) is 16.4. The van der Waals surface area contributed by atoms with E-state index in [0.29, 0.717) is 11.6 Å².